The van der Waals surface area contributed by atoms with Crippen molar-refractivity contribution in [3.8, 4) is 0 Å². The summed E-state index contributed by atoms with van der Waals surface area (Å²) < 4.78 is 13.5. The number of nitrogens with zero attached hydrogens (tertiary/aromatic N) is 2. The fourth-order valence-corrected chi connectivity index (χ4v) is 5.33. The van der Waals surface area contributed by atoms with E-state index in [1.165, 1.54) is 31.4 Å². The first-order chi connectivity index (χ1) is 13.6. The van der Waals surface area contributed by atoms with Crippen LogP contribution in [0.2, 0.25) is 0 Å². The number of hydrogen-bond acceptors (Lipinski definition) is 2. The van der Waals surface area contributed by atoms with Crippen LogP contribution in [0.4, 0.5) is 4.39 Å². The van der Waals surface area contributed by atoms with E-state index in [2.05, 4.69) is 0 Å². The molecule has 0 aromatic heterocycles. The summed E-state index contributed by atoms with van der Waals surface area (Å²) in [6.45, 7) is 0.206. The van der Waals surface area contributed by atoms with Crippen LogP contribution < -0.4 is 0 Å². The quantitative estimate of drug-likeness (QED) is 0.713. The van der Waals surface area contributed by atoms with E-state index in [4.69, 9.17) is 0 Å². The van der Waals surface area contributed by atoms with E-state index in [1.54, 1.807) is 12.1 Å². The van der Waals surface area contributed by atoms with E-state index in [0.717, 1.165) is 56.9 Å². The minimum Gasteiger partial charge on any atom is -0.328 e. The van der Waals surface area contributed by atoms with Crippen LogP contribution in [0.1, 0.15) is 82.2 Å². The number of halogens is 1. The predicted octanol–water partition coefficient (Wildman–Crippen LogP) is 4.59. The molecule has 1 aliphatic heterocycles. The lowest BCUT2D eigenvalue weighted by atomic mass is 9.89. The molecule has 0 radical (unpaired) electrons. The van der Waals surface area contributed by atoms with Crippen LogP contribution in [0.15, 0.2) is 24.3 Å². The minimum atomic E-state index is -0.604. The second kappa shape index (κ2) is 8.62. The number of rotatable bonds is 3. The van der Waals surface area contributed by atoms with Gasteiger partial charge >= 0.3 is 0 Å². The summed E-state index contributed by atoms with van der Waals surface area (Å²) in [7, 11) is 0. The molecule has 152 valence electrons. The van der Waals surface area contributed by atoms with Crippen LogP contribution in [0.5, 0.6) is 0 Å². The first kappa shape index (κ1) is 19.4. The molecule has 1 saturated heterocycles. The van der Waals surface area contributed by atoms with Crippen molar-refractivity contribution >= 4 is 11.8 Å². The van der Waals surface area contributed by atoms with Crippen molar-refractivity contribution in [2.45, 2.75) is 88.8 Å². The Hall–Kier alpha value is -1.91. The Morgan fingerprint density at radius 2 is 1.29 bits per heavy atom. The molecule has 1 atom stereocenters. The third-order valence-corrected chi connectivity index (χ3v) is 6.81. The highest BCUT2D eigenvalue weighted by Gasteiger charge is 2.45. The Balaban J connectivity index is 1.66. The smallest absolute Gasteiger partial charge is 0.250 e. The van der Waals surface area contributed by atoms with Gasteiger partial charge in [0, 0.05) is 12.1 Å². The number of benzene rings is 1. The van der Waals surface area contributed by atoms with Gasteiger partial charge in [0.2, 0.25) is 5.91 Å². The van der Waals surface area contributed by atoms with E-state index in [9.17, 15) is 14.0 Å². The van der Waals surface area contributed by atoms with Gasteiger partial charge in [-0.05, 0) is 43.4 Å². The van der Waals surface area contributed by atoms with Crippen LogP contribution in [0.25, 0.3) is 0 Å². The Labute approximate surface area is 167 Å². The van der Waals surface area contributed by atoms with Gasteiger partial charge in [-0.2, -0.15) is 0 Å². The van der Waals surface area contributed by atoms with Crippen LogP contribution in [0.3, 0.4) is 0 Å². The molecule has 2 saturated carbocycles. The number of hydrogen-bond donors (Lipinski definition) is 0. The largest absolute Gasteiger partial charge is 0.328 e. The van der Waals surface area contributed by atoms with E-state index < -0.39 is 6.04 Å². The first-order valence-corrected chi connectivity index (χ1v) is 11.0. The van der Waals surface area contributed by atoms with Crippen molar-refractivity contribution in [1.29, 1.82) is 0 Å². The normalized spacial score (nSPS) is 25.8. The summed E-state index contributed by atoms with van der Waals surface area (Å²) >= 11 is 0. The van der Waals surface area contributed by atoms with Crippen LogP contribution >= 0.6 is 0 Å². The Kier molecular flexibility index (Phi) is 5.98. The van der Waals surface area contributed by atoms with Crippen molar-refractivity contribution in [3.05, 3.63) is 35.6 Å². The summed E-state index contributed by atoms with van der Waals surface area (Å²) in [6.07, 6.45) is 12.0. The molecule has 28 heavy (non-hydrogen) atoms. The van der Waals surface area contributed by atoms with E-state index in [-0.39, 0.29) is 36.3 Å². The summed E-state index contributed by atoms with van der Waals surface area (Å²) in [4.78, 5) is 30.6. The van der Waals surface area contributed by atoms with Gasteiger partial charge in [-0.1, -0.05) is 57.1 Å². The van der Waals surface area contributed by atoms with Gasteiger partial charge in [-0.15, -0.1) is 0 Å². The summed E-state index contributed by atoms with van der Waals surface area (Å²) in [6, 6.07) is 5.84. The van der Waals surface area contributed by atoms with Crippen LogP contribution in [0, 0.1) is 5.82 Å². The molecule has 0 spiro atoms. The molecule has 1 aromatic rings. The maximum Gasteiger partial charge on any atom is 0.250 e. The minimum absolute atomic E-state index is 0.0312. The highest BCUT2D eigenvalue weighted by atomic mass is 19.1. The lowest BCUT2D eigenvalue weighted by Gasteiger charge is -2.47. The molecule has 1 heterocycles. The molecule has 4 nitrogen and oxygen atoms in total. The number of piperazine rings is 1. The predicted molar refractivity (Wildman–Crippen MR) is 106 cm³/mol. The zero-order chi connectivity index (χ0) is 19.5. The molecular weight excluding hydrogens is 355 g/mol. The van der Waals surface area contributed by atoms with Gasteiger partial charge in [-0.3, -0.25) is 9.59 Å². The fraction of sp³-hybridized carbons (Fsp3) is 0.652. The number of carbonyl (C=O) groups excluding carboxylic acids is 2. The Bertz CT molecular complexity index is 691. The lowest BCUT2D eigenvalue weighted by Crippen LogP contribution is -2.60. The second-order valence-corrected chi connectivity index (χ2v) is 8.66. The van der Waals surface area contributed by atoms with Crippen molar-refractivity contribution in [2.24, 2.45) is 0 Å². The van der Waals surface area contributed by atoms with Crippen LogP contribution in [-0.4, -0.2) is 40.2 Å². The highest BCUT2D eigenvalue weighted by molar-refractivity contribution is 5.96. The molecular formula is C23H31FN2O2. The van der Waals surface area contributed by atoms with Crippen molar-refractivity contribution in [1.82, 2.24) is 9.80 Å². The molecule has 4 rings (SSSR count). The molecule has 0 N–H and O–H groups in total. The lowest BCUT2D eigenvalue weighted by molar-refractivity contribution is -0.162. The third-order valence-electron chi connectivity index (χ3n) is 6.81. The maximum absolute atomic E-state index is 13.7. The topological polar surface area (TPSA) is 40.6 Å². The molecule has 0 unspecified atom stereocenters. The highest BCUT2D eigenvalue weighted by Crippen LogP contribution is 2.36. The average Bonchev–Trinajstić information content (AvgIpc) is 3.00. The van der Waals surface area contributed by atoms with E-state index in [0.29, 0.717) is 0 Å². The van der Waals surface area contributed by atoms with Gasteiger partial charge in [0.1, 0.15) is 18.4 Å². The number of amides is 2. The van der Waals surface area contributed by atoms with Crippen molar-refractivity contribution in [3.63, 3.8) is 0 Å². The second-order valence-electron chi connectivity index (χ2n) is 8.66. The third kappa shape index (κ3) is 3.94. The number of carbonyl (C=O) groups is 2. The maximum atomic E-state index is 13.7. The van der Waals surface area contributed by atoms with Crippen molar-refractivity contribution in [2.75, 3.05) is 6.54 Å². The standard InChI is InChI=1S/C23H31FN2O2/c24-18-14-12-17(13-15-18)22-23(28)25(19-8-4-1-2-5-9-19)16-21(27)26(22)20-10-6-3-7-11-20/h12-15,19-20,22H,1-11,16H2/t22-/m0/s1. The average molecular weight is 387 g/mol. The zero-order valence-corrected chi connectivity index (χ0v) is 16.6. The van der Waals surface area contributed by atoms with Gasteiger partial charge < -0.3 is 9.80 Å². The Morgan fingerprint density at radius 3 is 1.89 bits per heavy atom. The first-order valence-electron chi connectivity index (χ1n) is 11.0. The Morgan fingerprint density at radius 1 is 0.750 bits per heavy atom. The van der Waals surface area contributed by atoms with Gasteiger partial charge in [-0.25, -0.2) is 4.39 Å². The van der Waals surface area contributed by atoms with E-state index >= 15 is 0 Å². The summed E-state index contributed by atoms with van der Waals surface area (Å²) in [5, 5.41) is 0. The summed E-state index contributed by atoms with van der Waals surface area (Å²) in [5.74, 6) is -0.225. The van der Waals surface area contributed by atoms with E-state index in [1.807, 2.05) is 9.80 Å². The monoisotopic (exact) mass is 386 g/mol. The molecule has 1 aromatic carbocycles. The molecule has 2 aliphatic carbocycles. The molecule has 3 aliphatic rings. The van der Waals surface area contributed by atoms with Gasteiger partial charge in [0.25, 0.3) is 5.91 Å². The van der Waals surface area contributed by atoms with Gasteiger partial charge in [0.05, 0.1) is 0 Å². The molecule has 2 amide bonds. The molecule has 5 heteroatoms. The SMILES string of the molecule is O=C1[C@H](c2ccc(F)cc2)N(C2CCCCC2)C(=O)CN1C1CCCCCC1. The summed E-state index contributed by atoms with van der Waals surface area (Å²) in [5.41, 5.74) is 0.739. The molecule has 0 bridgehead atoms. The van der Waals surface area contributed by atoms with Gasteiger partial charge in [0.15, 0.2) is 0 Å². The van der Waals surface area contributed by atoms with Crippen LogP contribution in [-0.2, 0) is 9.59 Å². The molecule has 3 fully saturated rings. The van der Waals surface area contributed by atoms with Crippen molar-refractivity contribution < 1.29 is 14.0 Å². The zero-order valence-electron chi connectivity index (χ0n) is 16.6. The fourth-order valence-electron chi connectivity index (χ4n) is 5.33.